The molecule has 2 aromatic carbocycles. The van der Waals surface area contributed by atoms with Gasteiger partial charge in [-0.3, -0.25) is 9.69 Å². The van der Waals surface area contributed by atoms with Gasteiger partial charge in [-0.1, -0.05) is 35.6 Å². The van der Waals surface area contributed by atoms with Crippen molar-refractivity contribution >= 4 is 54.2 Å². The number of furan rings is 1. The summed E-state index contributed by atoms with van der Waals surface area (Å²) in [5.74, 6) is -0.659. The van der Waals surface area contributed by atoms with Crippen LogP contribution in [0.4, 0.5) is 5.13 Å². The predicted molar refractivity (Wildman–Crippen MR) is 120 cm³/mol. The van der Waals surface area contributed by atoms with E-state index in [1.807, 2.05) is 24.5 Å². The van der Waals surface area contributed by atoms with Crippen molar-refractivity contribution in [1.82, 2.24) is 4.98 Å². The molecule has 2 heterocycles. The summed E-state index contributed by atoms with van der Waals surface area (Å²) >= 11 is 2.92. The molecule has 30 heavy (non-hydrogen) atoms. The Balaban J connectivity index is 1.71. The van der Waals surface area contributed by atoms with Gasteiger partial charge in [0.15, 0.2) is 15.0 Å². The molecule has 0 radical (unpaired) electrons. The highest BCUT2D eigenvalue weighted by molar-refractivity contribution is 7.98. The zero-order valence-electron chi connectivity index (χ0n) is 16.0. The molecule has 154 valence electrons. The van der Waals surface area contributed by atoms with E-state index in [1.54, 1.807) is 42.1 Å². The number of nitrogens with zero attached hydrogens (tertiary/aromatic N) is 2. The van der Waals surface area contributed by atoms with Gasteiger partial charge in [-0.05, 0) is 42.7 Å². The Kier molecular flexibility index (Phi) is 5.94. The highest BCUT2D eigenvalue weighted by atomic mass is 32.2. The Labute approximate surface area is 182 Å². The lowest BCUT2D eigenvalue weighted by Gasteiger charge is -2.18. The number of carbonyl (C=O) groups is 1. The summed E-state index contributed by atoms with van der Waals surface area (Å²) in [5.41, 5.74) is 0.799. The molecule has 0 spiro atoms. The van der Waals surface area contributed by atoms with E-state index in [4.69, 9.17) is 4.42 Å². The molecule has 9 heteroatoms. The molecule has 0 bridgehead atoms. The van der Waals surface area contributed by atoms with Crippen LogP contribution in [-0.4, -0.2) is 31.3 Å². The second-order valence-electron chi connectivity index (χ2n) is 6.43. The minimum absolute atomic E-state index is 0.102. The molecule has 2 aromatic heterocycles. The van der Waals surface area contributed by atoms with Gasteiger partial charge in [-0.25, -0.2) is 13.4 Å². The summed E-state index contributed by atoms with van der Waals surface area (Å²) in [5, 5.41) is 0.441. The molecule has 0 aliphatic rings. The molecule has 0 saturated carbocycles. The van der Waals surface area contributed by atoms with Crippen molar-refractivity contribution in [3.63, 3.8) is 0 Å². The number of aromatic nitrogens is 1. The monoisotopic (exact) mass is 458 g/mol. The van der Waals surface area contributed by atoms with Crippen LogP contribution in [0.3, 0.4) is 0 Å². The summed E-state index contributed by atoms with van der Waals surface area (Å²) in [7, 11) is -3.78. The van der Waals surface area contributed by atoms with Crippen LogP contribution in [0, 0.1) is 0 Å². The largest absolute Gasteiger partial charge is 0.467 e. The number of rotatable bonds is 7. The standard InChI is InChI=1S/C21H18N2O4S3/c1-28-17-10-5-11-18-20(17)22-21(29-18)23(13-15-7-6-12-27-15)19(24)14-30(25,26)16-8-3-2-4-9-16/h2-12H,13-14H2,1H3. The zero-order valence-corrected chi connectivity index (χ0v) is 18.5. The first-order valence-electron chi connectivity index (χ1n) is 9.02. The van der Waals surface area contributed by atoms with Gasteiger partial charge in [0.2, 0.25) is 5.91 Å². The van der Waals surface area contributed by atoms with Gasteiger partial charge in [0.1, 0.15) is 11.5 Å². The average Bonchev–Trinajstić information content (AvgIpc) is 3.41. The van der Waals surface area contributed by atoms with Crippen LogP contribution in [0.2, 0.25) is 0 Å². The fourth-order valence-electron chi connectivity index (χ4n) is 2.96. The smallest absolute Gasteiger partial charge is 0.244 e. The summed E-state index contributed by atoms with van der Waals surface area (Å²) < 4.78 is 31.9. The topological polar surface area (TPSA) is 80.5 Å². The number of sulfone groups is 1. The SMILES string of the molecule is CSc1cccc2sc(N(Cc3ccco3)C(=O)CS(=O)(=O)c3ccccc3)nc12. The van der Waals surface area contributed by atoms with Crippen LogP contribution < -0.4 is 4.90 Å². The molecule has 0 unspecified atom stereocenters. The second-order valence-corrected chi connectivity index (χ2v) is 10.3. The number of para-hydroxylation sites is 1. The van der Waals surface area contributed by atoms with E-state index in [0.717, 1.165) is 15.1 Å². The van der Waals surface area contributed by atoms with Gasteiger partial charge in [0, 0.05) is 4.90 Å². The minimum atomic E-state index is -3.78. The summed E-state index contributed by atoms with van der Waals surface area (Å²) in [4.78, 5) is 20.3. The summed E-state index contributed by atoms with van der Waals surface area (Å²) in [6, 6.07) is 17.3. The van der Waals surface area contributed by atoms with Crippen molar-refractivity contribution in [3.8, 4) is 0 Å². The maximum atomic E-state index is 13.2. The first-order chi connectivity index (χ1) is 14.5. The Morgan fingerprint density at radius 3 is 2.60 bits per heavy atom. The van der Waals surface area contributed by atoms with Crippen molar-refractivity contribution in [2.45, 2.75) is 16.3 Å². The van der Waals surface area contributed by atoms with Crippen LogP contribution >= 0.6 is 23.1 Å². The Morgan fingerprint density at radius 2 is 1.90 bits per heavy atom. The van der Waals surface area contributed by atoms with E-state index in [-0.39, 0.29) is 11.4 Å². The fraction of sp³-hybridized carbons (Fsp3) is 0.143. The molecule has 1 amide bonds. The predicted octanol–water partition coefficient (Wildman–Crippen LogP) is 4.62. The van der Waals surface area contributed by atoms with Crippen molar-refractivity contribution in [1.29, 1.82) is 0 Å². The number of fused-ring (bicyclic) bond motifs is 1. The van der Waals surface area contributed by atoms with E-state index in [9.17, 15) is 13.2 Å². The quantitative estimate of drug-likeness (QED) is 0.376. The number of thiazole rings is 1. The maximum Gasteiger partial charge on any atom is 0.244 e. The molecular formula is C21H18N2O4S3. The van der Waals surface area contributed by atoms with Crippen molar-refractivity contribution in [3.05, 3.63) is 72.7 Å². The lowest BCUT2D eigenvalue weighted by molar-refractivity contribution is -0.116. The lowest BCUT2D eigenvalue weighted by Crippen LogP contribution is -2.35. The third-order valence-electron chi connectivity index (χ3n) is 4.43. The first kappa shape index (κ1) is 20.6. The Morgan fingerprint density at radius 1 is 1.10 bits per heavy atom. The fourth-order valence-corrected chi connectivity index (χ4v) is 5.82. The van der Waals surface area contributed by atoms with Gasteiger partial charge in [-0.15, -0.1) is 11.8 Å². The van der Waals surface area contributed by atoms with Gasteiger partial charge < -0.3 is 4.42 Å². The Bertz CT molecular complexity index is 1270. The summed E-state index contributed by atoms with van der Waals surface area (Å²) in [6.07, 6.45) is 3.48. The third kappa shape index (κ3) is 4.28. The van der Waals surface area contributed by atoms with Crippen LogP contribution in [0.1, 0.15) is 5.76 Å². The Hall–Kier alpha value is -2.62. The van der Waals surface area contributed by atoms with E-state index in [0.29, 0.717) is 10.9 Å². The van der Waals surface area contributed by atoms with Gasteiger partial charge >= 0.3 is 0 Å². The number of carbonyl (C=O) groups excluding carboxylic acids is 1. The molecule has 0 N–H and O–H groups in total. The van der Waals surface area contributed by atoms with Crippen molar-refractivity contribution in [2.24, 2.45) is 0 Å². The molecule has 4 aromatic rings. The zero-order chi connectivity index (χ0) is 21.1. The summed E-state index contributed by atoms with van der Waals surface area (Å²) in [6.45, 7) is 0.102. The third-order valence-corrected chi connectivity index (χ3v) is 7.86. The normalized spacial score (nSPS) is 11.6. The number of hydrogen-bond acceptors (Lipinski definition) is 7. The second kappa shape index (κ2) is 8.63. The molecule has 0 aliphatic carbocycles. The molecule has 6 nitrogen and oxygen atoms in total. The number of anilines is 1. The van der Waals surface area contributed by atoms with Crippen LogP contribution in [0.25, 0.3) is 10.2 Å². The van der Waals surface area contributed by atoms with E-state index in [1.165, 1.54) is 34.6 Å². The van der Waals surface area contributed by atoms with Gasteiger partial charge in [-0.2, -0.15) is 0 Å². The van der Waals surface area contributed by atoms with Gasteiger partial charge in [0.05, 0.1) is 27.9 Å². The number of amides is 1. The van der Waals surface area contributed by atoms with Crippen LogP contribution in [-0.2, 0) is 21.2 Å². The molecule has 0 fully saturated rings. The van der Waals surface area contributed by atoms with Crippen molar-refractivity contribution in [2.75, 3.05) is 16.9 Å². The van der Waals surface area contributed by atoms with Gasteiger partial charge in [0.25, 0.3) is 0 Å². The van der Waals surface area contributed by atoms with Crippen LogP contribution in [0.5, 0.6) is 0 Å². The van der Waals surface area contributed by atoms with Crippen LogP contribution in [0.15, 0.2) is 81.1 Å². The highest BCUT2D eigenvalue weighted by Gasteiger charge is 2.27. The van der Waals surface area contributed by atoms with E-state index in [2.05, 4.69) is 4.98 Å². The number of hydrogen-bond donors (Lipinski definition) is 0. The molecule has 0 saturated heterocycles. The maximum absolute atomic E-state index is 13.2. The highest BCUT2D eigenvalue weighted by Crippen LogP contribution is 2.35. The molecule has 4 rings (SSSR count). The molecule has 0 aliphatic heterocycles. The van der Waals surface area contributed by atoms with Crippen molar-refractivity contribution < 1.29 is 17.6 Å². The first-order valence-corrected chi connectivity index (χ1v) is 12.7. The van der Waals surface area contributed by atoms with E-state index >= 15 is 0 Å². The molecular weight excluding hydrogens is 440 g/mol. The molecule has 0 atom stereocenters. The lowest BCUT2D eigenvalue weighted by atomic mass is 10.3. The number of benzene rings is 2. The number of thioether (sulfide) groups is 1. The minimum Gasteiger partial charge on any atom is -0.467 e. The van der Waals surface area contributed by atoms with E-state index < -0.39 is 21.5 Å². The average molecular weight is 459 g/mol.